The lowest BCUT2D eigenvalue weighted by Gasteiger charge is -2.34. The zero-order valence-electron chi connectivity index (χ0n) is 16.9. The fourth-order valence-corrected chi connectivity index (χ4v) is 5.13. The molecule has 4 aromatic rings. The van der Waals surface area contributed by atoms with Crippen LogP contribution in [0.1, 0.15) is 11.1 Å². The van der Waals surface area contributed by atoms with Crippen LogP contribution in [0.15, 0.2) is 96.5 Å². The van der Waals surface area contributed by atoms with E-state index in [1.54, 1.807) is 48.5 Å². The molecule has 5 rings (SSSR count). The van der Waals surface area contributed by atoms with Crippen molar-refractivity contribution in [1.82, 2.24) is 4.68 Å². The van der Waals surface area contributed by atoms with Gasteiger partial charge in [0.15, 0.2) is 5.84 Å². The molecule has 2 heterocycles. The summed E-state index contributed by atoms with van der Waals surface area (Å²) in [5, 5.41) is 18.7. The molecule has 0 aliphatic carbocycles. The van der Waals surface area contributed by atoms with Crippen molar-refractivity contribution >= 4 is 55.3 Å². The highest BCUT2D eigenvalue weighted by Crippen LogP contribution is 2.55. The number of benzene rings is 3. The normalized spacial score (nSPS) is 15.7. The van der Waals surface area contributed by atoms with Crippen LogP contribution in [-0.2, 0) is 0 Å². The first-order valence-electron chi connectivity index (χ1n) is 9.77. The number of para-hydroxylation sites is 2. The Kier molecular flexibility index (Phi) is 5.29. The summed E-state index contributed by atoms with van der Waals surface area (Å²) in [7, 11) is -3.58. The maximum absolute atomic E-state index is 13.5. The van der Waals surface area contributed by atoms with Crippen molar-refractivity contribution in [3.8, 4) is 5.75 Å². The third-order valence-corrected chi connectivity index (χ3v) is 7.24. The van der Waals surface area contributed by atoms with E-state index in [1.165, 1.54) is 6.21 Å². The number of fused-ring (bicyclic) bond motifs is 2. The summed E-state index contributed by atoms with van der Waals surface area (Å²) < 4.78 is 27.1. The van der Waals surface area contributed by atoms with Crippen LogP contribution in [0.25, 0.3) is 10.9 Å². The number of aromatic nitrogens is 1. The van der Waals surface area contributed by atoms with Gasteiger partial charge in [0.05, 0.1) is 17.4 Å². The van der Waals surface area contributed by atoms with Gasteiger partial charge in [-0.2, -0.15) is 9.78 Å². The van der Waals surface area contributed by atoms with Crippen molar-refractivity contribution in [2.24, 2.45) is 9.50 Å². The molecule has 0 amide bonds. The van der Waals surface area contributed by atoms with Crippen molar-refractivity contribution in [2.45, 2.75) is 4.90 Å². The summed E-state index contributed by atoms with van der Waals surface area (Å²) in [4.78, 5) is 13.7. The largest absolute Gasteiger partial charge is 0.506 e. The zero-order chi connectivity index (χ0) is 23.2. The lowest BCUT2D eigenvalue weighted by molar-refractivity contribution is 0.478. The van der Waals surface area contributed by atoms with Crippen LogP contribution in [0.4, 0.5) is 5.69 Å². The molecule has 0 unspecified atom stereocenters. The van der Waals surface area contributed by atoms with Crippen molar-refractivity contribution in [3.05, 3.63) is 98.7 Å². The smallest absolute Gasteiger partial charge is 0.286 e. The van der Waals surface area contributed by atoms with Crippen molar-refractivity contribution in [2.75, 3.05) is 5.32 Å². The summed E-state index contributed by atoms with van der Waals surface area (Å²) in [6, 6.07) is 20.7. The summed E-state index contributed by atoms with van der Waals surface area (Å²) in [6.07, 6.45) is 1.53. The van der Waals surface area contributed by atoms with Crippen molar-refractivity contribution < 1.29 is 14.2 Å². The molecule has 0 saturated heterocycles. The maximum atomic E-state index is 13.5. The summed E-state index contributed by atoms with van der Waals surface area (Å²) in [5.74, 6) is -0.476. The Hall–Kier alpha value is -3.44. The fraction of sp³-hybridized carbons (Fsp3) is 0. The van der Waals surface area contributed by atoms with Gasteiger partial charge in [0, 0.05) is 15.4 Å². The first kappa shape index (κ1) is 21.4. The van der Waals surface area contributed by atoms with Gasteiger partial charge in [0.1, 0.15) is 16.2 Å². The van der Waals surface area contributed by atoms with Crippen LogP contribution >= 0.6 is 26.7 Å². The van der Waals surface area contributed by atoms with E-state index in [1.807, 2.05) is 24.3 Å². The second-order valence-electron chi connectivity index (χ2n) is 7.20. The molecule has 0 fully saturated rings. The monoisotopic (exact) mass is 524 g/mol. The van der Waals surface area contributed by atoms with Gasteiger partial charge in [-0.1, -0.05) is 69.2 Å². The van der Waals surface area contributed by atoms with Crippen LogP contribution in [0.3, 0.4) is 0 Å². The van der Waals surface area contributed by atoms with Gasteiger partial charge in [-0.3, -0.25) is 13.9 Å². The molecule has 0 spiro atoms. The summed E-state index contributed by atoms with van der Waals surface area (Å²) >= 11 is 3.45. The molecule has 10 heteroatoms. The molecule has 0 radical (unpaired) electrons. The molecule has 8 nitrogen and oxygen atoms in total. The first-order chi connectivity index (χ1) is 15.9. The van der Waals surface area contributed by atoms with Gasteiger partial charge in [0.25, 0.3) is 5.56 Å². The number of nitrogens with zero attached hydrogens (tertiary/aromatic N) is 3. The third kappa shape index (κ3) is 3.72. The van der Waals surface area contributed by atoms with E-state index in [0.717, 1.165) is 14.7 Å². The Morgan fingerprint density at radius 2 is 1.70 bits per heavy atom. The maximum Gasteiger partial charge on any atom is 0.286 e. The molecular formula is C23H17BrN4O4S. The van der Waals surface area contributed by atoms with E-state index in [2.05, 4.69) is 30.7 Å². The summed E-state index contributed by atoms with van der Waals surface area (Å²) in [5.41, 5.74) is 0.635. The van der Waals surface area contributed by atoms with Crippen molar-refractivity contribution in [1.29, 1.82) is 0 Å². The highest BCUT2D eigenvalue weighted by Gasteiger charge is 2.30. The average molecular weight is 525 g/mol. The topological polar surface area (TPSA) is 119 Å². The number of aromatic hydroxyl groups is 1. The number of nitrogens with one attached hydrogen (secondary N) is 1. The van der Waals surface area contributed by atoms with Gasteiger partial charge in [-0.15, -0.1) is 4.40 Å². The number of halogens is 1. The van der Waals surface area contributed by atoms with Gasteiger partial charge >= 0.3 is 0 Å². The van der Waals surface area contributed by atoms with E-state index >= 15 is 0 Å². The Morgan fingerprint density at radius 1 is 1.00 bits per heavy atom. The van der Waals surface area contributed by atoms with Gasteiger partial charge in [0.2, 0.25) is 0 Å². The van der Waals surface area contributed by atoms with Crippen LogP contribution < -0.4 is 10.9 Å². The van der Waals surface area contributed by atoms with Crippen molar-refractivity contribution in [3.63, 3.8) is 0 Å². The van der Waals surface area contributed by atoms with Gasteiger partial charge in [-0.05, 0) is 30.3 Å². The van der Waals surface area contributed by atoms with Crippen LogP contribution in [0.5, 0.6) is 5.75 Å². The third-order valence-electron chi connectivity index (χ3n) is 5.14. The lowest BCUT2D eigenvalue weighted by Crippen LogP contribution is -2.31. The molecular weight excluding hydrogens is 508 g/mol. The number of anilines is 1. The number of rotatable bonds is 3. The number of hydrogen-bond acceptors (Lipinski definition) is 7. The predicted molar refractivity (Wildman–Crippen MR) is 135 cm³/mol. The minimum atomic E-state index is -3.58. The molecule has 166 valence electrons. The molecule has 33 heavy (non-hydrogen) atoms. The average Bonchev–Trinajstić information content (AvgIpc) is 2.80. The molecule has 3 aromatic carbocycles. The molecule has 0 saturated carbocycles. The number of amidine groups is 1. The number of pyridine rings is 1. The standard InChI is InChI=1S/C23H17BrN4O4S/c24-16-9-3-1-7-14(16)13-25-28-18-11-5-2-8-15(18)21(29)20(23(28)30)22-26-17-10-4-6-12-19(17)33(31,32)27-22/h1-13,29,31-32H,(H,26,27). The minimum Gasteiger partial charge on any atom is -0.506 e. The molecule has 1 aliphatic heterocycles. The van der Waals surface area contributed by atoms with Crippen LogP contribution in [0.2, 0.25) is 0 Å². The highest BCUT2D eigenvalue weighted by atomic mass is 79.9. The molecule has 1 aliphatic rings. The fourth-order valence-electron chi connectivity index (χ4n) is 3.58. The Bertz CT molecular complexity index is 1530. The second kappa shape index (κ2) is 8.16. The second-order valence-corrected chi connectivity index (χ2v) is 9.72. The Balaban J connectivity index is 1.74. The highest BCUT2D eigenvalue weighted by molar-refractivity contribution is 9.10. The lowest BCUT2D eigenvalue weighted by atomic mass is 10.1. The number of hydrogen-bond donors (Lipinski definition) is 4. The van der Waals surface area contributed by atoms with E-state index in [9.17, 15) is 19.0 Å². The molecule has 4 N–H and O–H groups in total. The quantitative estimate of drug-likeness (QED) is 0.273. The molecule has 0 atom stereocenters. The van der Waals surface area contributed by atoms with Crippen LogP contribution in [-0.4, -0.2) is 30.9 Å². The van der Waals surface area contributed by atoms with Gasteiger partial charge in [-0.25, -0.2) is 0 Å². The first-order valence-corrected chi connectivity index (χ1v) is 12.1. The SMILES string of the molecule is O=c1c(C2=NS(O)(O)c3ccccc3N2)c(O)c2ccccc2n1N=Cc1ccccc1Br. The predicted octanol–water partition coefficient (Wildman–Crippen LogP) is 5.25. The molecule has 1 aromatic heterocycles. The molecule has 0 bridgehead atoms. The van der Waals surface area contributed by atoms with E-state index in [0.29, 0.717) is 16.6 Å². The minimum absolute atomic E-state index is 0.146. The Morgan fingerprint density at radius 3 is 2.52 bits per heavy atom. The summed E-state index contributed by atoms with van der Waals surface area (Å²) in [6.45, 7) is 0. The van der Waals surface area contributed by atoms with E-state index in [4.69, 9.17) is 0 Å². The van der Waals surface area contributed by atoms with Crippen LogP contribution in [0, 0.1) is 0 Å². The van der Waals surface area contributed by atoms with E-state index in [-0.39, 0.29) is 22.0 Å². The van der Waals surface area contributed by atoms with Gasteiger partial charge < -0.3 is 10.4 Å². The Labute approximate surface area is 198 Å². The zero-order valence-corrected chi connectivity index (χ0v) is 19.3. The van der Waals surface area contributed by atoms with E-state index < -0.39 is 16.3 Å².